The highest BCUT2D eigenvalue weighted by Gasteiger charge is 1.98. The maximum absolute atomic E-state index is 10.7. The van der Waals surface area contributed by atoms with Crippen molar-refractivity contribution in [3.05, 3.63) is 23.4 Å². The van der Waals surface area contributed by atoms with Crippen LogP contribution in [0.1, 0.15) is 18.1 Å². The topological polar surface area (TPSA) is 42.0 Å². The molecule has 1 rings (SSSR count). The second-order valence-electron chi connectivity index (χ2n) is 2.83. The van der Waals surface area contributed by atoms with Gasteiger partial charge in [-0.2, -0.15) is 0 Å². The van der Waals surface area contributed by atoms with Gasteiger partial charge in [-0.3, -0.25) is 4.79 Å². The van der Waals surface area contributed by atoms with E-state index < -0.39 is 0 Å². The van der Waals surface area contributed by atoms with Crippen LogP contribution in [-0.2, 0) is 4.79 Å². The molecule has 0 aliphatic heterocycles. The van der Waals surface area contributed by atoms with Crippen molar-refractivity contribution < 1.29 is 4.79 Å². The van der Waals surface area contributed by atoms with Gasteiger partial charge in [-0.15, -0.1) is 0 Å². The van der Waals surface area contributed by atoms with Crippen LogP contribution < -0.4 is 5.32 Å². The van der Waals surface area contributed by atoms with Gasteiger partial charge in [0.2, 0.25) is 5.91 Å². The van der Waals surface area contributed by atoms with E-state index in [4.69, 9.17) is 0 Å². The van der Waals surface area contributed by atoms with Gasteiger partial charge in [-0.1, -0.05) is 0 Å². The van der Waals surface area contributed by atoms with Crippen LogP contribution in [0, 0.1) is 13.8 Å². The lowest BCUT2D eigenvalue weighted by Gasteiger charge is -2.03. The summed E-state index contributed by atoms with van der Waals surface area (Å²) in [6.45, 7) is 5.44. The number of anilines is 1. The lowest BCUT2D eigenvalue weighted by Crippen LogP contribution is -2.07. The van der Waals surface area contributed by atoms with Gasteiger partial charge >= 0.3 is 0 Å². The van der Waals surface area contributed by atoms with Crippen LogP contribution in [0.5, 0.6) is 0 Å². The van der Waals surface area contributed by atoms with Gasteiger partial charge in [-0.25, -0.2) is 4.98 Å². The van der Waals surface area contributed by atoms with E-state index in [1.165, 1.54) is 6.92 Å². The average molecular weight is 164 g/mol. The molecule has 1 aromatic rings. The molecular weight excluding hydrogens is 152 g/mol. The first kappa shape index (κ1) is 8.71. The summed E-state index contributed by atoms with van der Waals surface area (Å²) >= 11 is 0. The van der Waals surface area contributed by atoms with Crippen molar-refractivity contribution in [2.24, 2.45) is 0 Å². The first-order chi connectivity index (χ1) is 5.59. The molecule has 0 aliphatic rings. The van der Waals surface area contributed by atoms with E-state index in [9.17, 15) is 4.79 Å². The third kappa shape index (κ3) is 2.05. The minimum absolute atomic E-state index is 0.0919. The van der Waals surface area contributed by atoms with Crippen LogP contribution in [0.4, 0.5) is 5.82 Å². The summed E-state index contributed by atoms with van der Waals surface area (Å²) in [6, 6.07) is 1.86. The number of nitrogens with zero attached hydrogens (tertiary/aromatic N) is 1. The molecule has 0 fully saturated rings. The average Bonchev–Trinajstić information content (AvgIpc) is 1.96. The van der Waals surface area contributed by atoms with E-state index >= 15 is 0 Å². The Bertz CT molecular complexity index is 307. The molecule has 0 saturated heterocycles. The highest BCUT2D eigenvalue weighted by molar-refractivity contribution is 5.87. The van der Waals surface area contributed by atoms with Crippen molar-refractivity contribution in [3.8, 4) is 0 Å². The van der Waals surface area contributed by atoms with Crippen LogP contribution in [0.2, 0.25) is 0 Å². The van der Waals surface area contributed by atoms with Gasteiger partial charge in [0, 0.05) is 13.1 Å². The van der Waals surface area contributed by atoms with Gasteiger partial charge in [-0.05, 0) is 31.0 Å². The highest BCUT2D eigenvalue weighted by Crippen LogP contribution is 2.09. The van der Waals surface area contributed by atoms with Crippen LogP contribution in [0.15, 0.2) is 12.3 Å². The zero-order valence-electron chi connectivity index (χ0n) is 7.51. The number of carbonyl (C=O) groups is 1. The van der Waals surface area contributed by atoms with Crippen molar-refractivity contribution in [1.29, 1.82) is 0 Å². The van der Waals surface area contributed by atoms with Crippen LogP contribution in [0.3, 0.4) is 0 Å². The molecule has 0 aliphatic carbocycles. The minimum atomic E-state index is -0.0919. The molecule has 0 radical (unpaired) electrons. The predicted octanol–water partition coefficient (Wildman–Crippen LogP) is 1.66. The van der Waals surface area contributed by atoms with E-state index in [2.05, 4.69) is 10.3 Å². The quantitative estimate of drug-likeness (QED) is 0.685. The highest BCUT2D eigenvalue weighted by atomic mass is 16.1. The Labute approximate surface area is 71.8 Å². The summed E-state index contributed by atoms with van der Waals surface area (Å²) in [5.41, 5.74) is 2.26. The number of pyridine rings is 1. The zero-order valence-corrected chi connectivity index (χ0v) is 7.51. The Balaban J connectivity index is 2.89. The summed E-state index contributed by atoms with van der Waals surface area (Å²) in [6.07, 6.45) is 1.75. The van der Waals surface area contributed by atoms with E-state index in [0.717, 1.165) is 11.1 Å². The summed E-state index contributed by atoms with van der Waals surface area (Å²) < 4.78 is 0. The summed E-state index contributed by atoms with van der Waals surface area (Å²) in [7, 11) is 0. The van der Waals surface area contributed by atoms with Gasteiger partial charge in [0.15, 0.2) is 0 Å². The molecule has 1 amide bonds. The monoisotopic (exact) mass is 164 g/mol. The zero-order chi connectivity index (χ0) is 9.14. The largest absolute Gasteiger partial charge is 0.311 e. The number of rotatable bonds is 1. The van der Waals surface area contributed by atoms with Crippen molar-refractivity contribution in [3.63, 3.8) is 0 Å². The van der Waals surface area contributed by atoms with E-state index in [-0.39, 0.29) is 5.91 Å². The number of amides is 1. The molecule has 1 N–H and O–H groups in total. The molecule has 1 heterocycles. The van der Waals surface area contributed by atoms with Gasteiger partial charge in [0.1, 0.15) is 5.82 Å². The molecule has 0 spiro atoms. The number of aryl methyl sites for hydroxylation is 2. The van der Waals surface area contributed by atoms with Gasteiger partial charge in [0.25, 0.3) is 0 Å². The second-order valence-corrected chi connectivity index (χ2v) is 2.83. The molecule has 64 valence electrons. The fourth-order valence-electron chi connectivity index (χ4n) is 0.873. The van der Waals surface area contributed by atoms with E-state index in [1.807, 2.05) is 19.9 Å². The number of hydrogen-bond acceptors (Lipinski definition) is 2. The SMILES string of the molecule is CC(=O)Nc1cc(C)c(C)cn1. The fraction of sp³-hybridized carbons (Fsp3) is 0.333. The van der Waals surface area contributed by atoms with Crippen LogP contribution >= 0.6 is 0 Å². The molecular formula is C9H12N2O. The smallest absolute Gasteiger partial charge is 0.222 e. The molecule has 0 atom stereocenters. The molecule has 3 heteroatoms. The number of carbonyl (C=O) groups excluding carboxylic acids is 1. The van der Waals surface area contributed by atoms with Crippen LogP contribution in [-0.4, -0.2) is 10.9 Å². The van der Waals surface area contributed by atoms with Crippen molar-refractivity contribution in [2.75, 3.05) is 5.32 Å². The van der Waals surface area contributed by atoms with Crippen molar-refractivity contribution >= 4 is 11.7 Å². The summed E-state index contributed by atoms with van der Waals surface area (Å²) in [5.74, 6) is 0.524. The standard InChI is InChI=1S/C9H12N2O/c1-6-4-9(11-8(3)12)10-5-7(6)2/h4-5H,1-3H3,(H,10,11,12). The Hall–Kier alpha value is -1.38. The molecule has 12 heavy (non-hydrogen) atoms. The Morgan fingerprint density at radius 3 is 2.58 bits per heavy atom. The fourth-order valence-corrected chi connectivity index (χ4v) is 0.873. The third-order valence-corrected chi connectivity index (χ3v) is 1.68. The first-order valence-corrected chi connectivity index (χ1v) is 3.80. The second kappa shape index (κ2) is 3.34. The predicted molar refractivity (Wildman–Crippen MR) is 48.0 cm³/mol. The normalized spacial score (nSPS) is 9.58. The number of nitrogens with one attached hydrogen (secondary N) is 1. The first-order valence-electron chi connectivity index (χ1n) is 3.80. The molecule has 0 bridgehead atoms. The summed E-state index contributed by atoms with van der Waals surface area (Å²) in [5, 5.41) is 2.62. The van der Waals surface area contributed by atoms with E-state index in [0.29, 0.717) is 5.82 Å². The van der Waals surface area contributed by atoms with Crippen molar-refractivity contribution in [2.45, 2.75) is 20.8 Å². The Morgan fingerprint density at radius 2 is 2.08 bits per heavy atom. The Kier molecular flexibility index (Phi) is 2.43. The molecule has 0 unspecified atom stereocenters. The minimum Gasteiger partial charge on any atom is -0.311 e. The maximum Gasteiger partial charge on any atom is 0.222 e. The van der Waals surface area contributed by atoms with Gasteiger partial charge in [0.05, 0.1) is 0 Å². The molecule has 0 saturated carbocycles. The molecule has 0 aromatic carbocycles. The Morgan fingerprint density at radius 1 is 1.42 bits per heavy atom. The molecule has 3 nitrogen and oxygen atoms in total. The lowest BCUT2D eigenvalue weighted by atomic mass is 10.2. The lowest BCUT2D eigenvalue weighted by molar-refractivity contribution is -0.114. The van der Waals surface area contributed by atoms with Crippen LogP contribution in [0.25, 0.3) is 0 Å². The van der Waals surface area contributed by atoms with Crippen molar-refractivity contribution in [1.82, 2.24) is 4.98 Å². The number of hydrogen-bond donors (Lipinski definition) is 1. The van der Waals surface area contributed by atoms with E-state index in [1.54, 1.807) is 6.20 Å². The molecule has 1 aromatic heterocycles. The third-order valence-electron chi connectivity index (χ3n) is 1.68. The number of aromatic nitrogens is 1. The van der Waals surface area contributed by atoms with Gasteiger partial charge < -0.3 is 5.32 Å². The summed E-state index contributed by atoms with van der Waals surface area (Å²) in [4.78, 5) is 14.7. The maximum atomic E-state index is 10.7.